The van der Waals surface area contributed by atoms with Crippen LogP contribution >= 0.6 is 0 Å². The van der Waals surface area contributed by atoms with Crippen LogP contribution in [0.25, 0.3) is 0 Å². The Hall–Kier alpha value is -1.23. The largest absolute Gasteiger partial charge is 0.480 e. The molecule has 0 heterocycles. The maximum atomic E-state index is 11.6. The quantitative estimate of drug-likeness (QED) is 0.171. The average molecular weight is 427 g/mol. The highest BCUT2D eigenvalue weighted by atomic mass is 32.2. The lowest BCUT2D eigenvalue weighted by molar-refractivity contribution is -0.245. The van der Waals surface area contributed by atoms with Crippen molar-refractivity contribution in [1.29, 1.82) is 0 Å². The second kappa shape index (κ2) is 13.9. The fourth-order valence-corrected chi connectivity index (χ4v) is 3.83. The SMILES string of the molecule is CCCCCCCCCCCCOC(OCC)(C(=O)O)C(C(=O)O)S(=O)(=O)O. The van der Waals surface area contributed by atoms with Crippen LogP contribution in [0, 0.1) is 0 Å². The van der Waals surface area contributed by atoms with Crippen LogP contribution in [0.2, 0.25) is 0 Å². The molecule has 0 aromatic rings. The van der Waals surface area contributed by atoms with Gasteiger partial charge < -0.3 is 19.7 Å². The molecule has 166 valence electrons. The second-order valence-electron chi connectivity index (χ2n) is 6.67. The van der Waals surface area contributed by atoms with Gasteiger partial charge in [-0.25, -0.2) is 4.79 Å². The Labute approximate surface area is 167 Å². The molecule has 0 fully saturated rings. The molecule has 0 saturated heterocycles. The molecule has 0 aliphatic rings. The molecule has 0 amide bonds. The van der Waals surface area contributed by atoms with Gasteiger partial charge in [0.05, 0.1) is 6.61 Å². The molecule has 0 aromatic heterocycles. The summed E-state index contributed by atoms with van der Waals surface area (Å²) in [5, 5.41) is 15.8. The third-order valence-corrected chi connectivity index (χ3v) is 5.45. The van der Waals surface area contributed by atoms with Gasteiger partial charge in [0.15, 0.2) is 0 Å². The first-order valence-electron chi connectivity index (χ1n) is 9.83. The van der Waals surface area contributed by atoms with E-state index in [1.165, 1.54) is 39.0 Å². The molecule has 0 aliphatic heterocycles. The summed E-state index contributed by atoms with van der Waals surface area (Å²) in [6, 6.07) is 0. The smallest absolute Gasteiger partial charge is 0.366 e. The summed E-state index contributed by atoms with van der Waals surface area (Å²) in [4.78, 5) is 22.9. The van der Waals surface area contributed by atoms with Gasteiger partial charge in [0, 0.05) is 6.61 Å². The van der Waals surface area contributed by atoms with Crippen LogP contribution in [0.4, 0.5) is 0 Å². The molecular formula is C18H34O9S. The van der Waals surface area contributed by atoms with Gasteiger partial charge in [-0.3, -0.25) is 9.35 Å². The first-order valence-corrected chi connectivity index (χ1v) is 11.3. The topological polar surface area (TPSA) is 147 Å². The lowest BCUT2D eigenvalue weighted by Gasteiger charge is -2.32. The van der Waals surface area contributed by atoms with E-state index >= 15 is 0 Å². The van der Waals surface area contributed by atoms with Crippen LogP contribution in [0.3, 0.4) is 0 Å². The van der Waals surface area contributed by atoms with E-state index in [0.29, 0.717) is 6.42 Å². The van der Waals surface area contributed by atoms with E-state index in [9.17, 15) is 27.7 Å². The van der Waals surface area contributed by atoms with E-state index in [2.05, 4.69) is 6.92 Å². The van der Waals surface area contributed by atoms with Crippen LogP contribution in [-0.2, 0) is 29.2 Å². The normalized spacial score (nSPS) is 15.1. The highest BCUT2D eigenvalue weighted by molar-refractivity contribution is 7.87. The van der Waals surface area contributed by atoms with Crippen molar-refractivity contribution < 1.29 is 42.2 Å². The Morgan fingerprint density at radius 2 is 1.32 bits per heavy atom. The number of aliphatic carboxylic acids is 2. The molecular weight excluding hydrogens is 392 g/mol. The maximum Gasteiger partial charge on any atom is 0.366 e. The van der Waals surface area contributed by atoms with Crippen molar-refractivity contribution in [1.82, 2.24) is 0 Å². The molecule has 0 rings (SSSR count). The minimum Gasteiger partial charge on any atom is -0.480 e. The molecule has 0 bridgehead atoms. The van der Waals surface area contributed by atoms with Crippen LogP contribution in [0.5, 0.6) is 0 Å². The minimum absolute atomic E-state index is 0.206. The Kier molecular flexibility index (Phi) is 13.3. The summed E-state index contributed by atoms with van der Waals surface area (Å²) in [5.41, 5.74) is 0. The first kappa shape index (κ1) is 26.8. The summed E-state index contributed by atoms with van der Waals surface area (Å²) in [6.07, 6.45) is 10.3. The van der Waals surface area contributed by atoms with Gasteiger partial charge in [-0.15, -0.1) is 0 Å². The fraction of sp³-hybridized carbons (Fsp3) is 0.889. The van der Waals surface area contributed by atoms with E-state index in [0.717, 1.165) is 25.7 Å². The van der Waals surface area contributed by atoms with E-state index in [-0.39, 0.29) is 13.2 Å². The molecule has 0 spiro atoms. The molecule has 10 heteroatoms. The van der Waals surface area contributed by atoms with Gasteiger partial charge >= 0.3 is 11.9 Å². The van der Waals surface area contributed by atoms with Crippen molar-refractivity contribution in [2.45, 2.75) is 89.1 Å². The van der Waals surface area contributed by atoms with Crippen molar-refractivity contribution in [3.05, 3.63) is 0 Å². The third-order valence-electron chi connectivity index (χ3n) is 4.34. The zero-order valence-electron chi connectivity index (χ0n) is 16.8. The van der Waals surface area contributed by atoms with Gasteiger partial charge in [-0.05, 0) is 13.3 Å². The van der Waals surface area contributed by atoms with Crippen LogP contribution in [0.1, 0.15) is 78.1 Å². The van der Waals surface area contributed by atoms with Crippen molar-refractivity contribution in [3.63, 3.8) is 0 Å². The zero-order chi connectivity index (χ0) is 21.6. The lowest BCUT2D eigenvalue weighted by Crippen LogP contribution is -2.60. The molecule has 0 saturated carbocycles. The predicted octanol–water partition coefficient (Wildman–Crippen LogP) is 3.08. The Balaban J connectivity index is 4.61. The Bertz CT molecular complexity index is 561. The van der Waals surface area contributed by atoms with Crippen molar-refractivity contribution in [3.8, 4) is 0 Å². The molecule has 0 radical (unpaired) electrons. The van der Waals surface area contributed by atoms with Crippen LogP contribution in [0.15, 0.2) is 0 Å². The summed E-state index contributed by atoms with van der Waals surface area (Å²) >= 11 is 0. The molecule has 3 N–H and O–H groups in total. The van der Waals surface area contributed by atoms with Gasteiger partial charge in [0.25, 0.3) is 15.9 Å². The minimum atomic E-state index is -5.28. The molecule has 9 nitrogen and oxygen atoms in total. The van der Waals surface area contributed by atoms with Crippen molar-refractivity contribution in [2.75, 3.05) is 13.2 Å². The van der Waals surface area contributed by atoms with E-state index in [4.69, 9.17) is 14.6 Å². The molecule has 0 aliphatic carbocycles. The standard InChI is InChI=1S/C18H34O9S/c1-3-5-6-7-8-9-10-11-12-13-14-27-18(17(21)22,26-4-2)15(16(19)20)28(23,24)25/h15H,3-14H2,1-2H3,(H,19,20)(H,21,22)(H,23,24,25). The average Bonchev–Trinajstić information content (AvgIpc) is 2.57. The summed E-state index contributed by atoms with van der Waals surface area (Å²) < 4.78 is 42.1. The molecule has 28 heavy (non-hydrogen) atoms. The van der Waals surface area contributed by atoms with E-state index in [1.54, 1.807) is 0 Å². The van der Waals surface area contributed by atoms with Gasteiger partial charge in [-0.1, -0.05) is 64.7 Å². The van der Waals surface area contributed by atoms with Crippen LogP contribution in [-0.4, -0.2) is 59.4 Å². The monoisotopic (exact) mass is 426 g/mol. The number of carboxylic acid groups (broad SMARTS) is 2. The third kappa shape index (κ3) is 9.31. The number of hydrogen-bond acceptors (Lipinski definition) is 6. The summed E-state index contributed by atoms with van der Waals surface area (Å²) in [7, 11) is -5.28. The highest BCUT2D eigenvalue weighted by Gasteiger charge is 2.59. The Morgan fingerprint density at radius 1 is 0.857 bits per heavy atom. The number of rotatable bonds is 18. The van der Waals surface area contributed by atoms with Crippen molar-refractivity contribution >= 4 is 22.1 Å². The lowest BCUT2D eigenvalue weighted by atomic mass is 10.1. The van der Waals surface area contributed by atoms with Gasteiger partial charge in [-0.2, -0.15) is 8.42 Å². The number of unbranched alkanes of at least 4 members (excludes halogenated alkanes) is 9. The summed E-state index contributed by atoms with van der Waals surface area (Å²) in [6.45, 7) is 3.01. The molecule has 2 atom stereocenters. The number of carboxylic acids is 2. The molecule has 0 aromatic carbocycles. The van der Waals surface area contributed by atoms with Crippen LogP contribution < -0.4 is 0 Å². The van der Waals surface area contributed by atoms with Gasteiger partial charge in [0.1, 0.15) is 0 Å². The first-order chi connectivity index (χ1) is 13.1. The Morgan fingerprint density at radius 3 is 1.68 bits per heavy atom. The number of hydrogen-bond donors (Lipinski definition) is 3. The zero-order valence-corrected chi connectivity index (χ0v) is 17.6. The molecule has 2 unspecified atom stereocenters. The number of carbonyl (C=O) groups is 2. The van der Waals surface area contributed by atoms with E-state index in [1.807, 2.05) is 0 Å². The second-order valence-corrected chi connectivity index (χ2v) is 8.17. The van der Waals surface area contributed by atoms with E-state index < -0.39 is 33.1 Å². The van der Waals surface area contributed by atoms with Gasteiger partial charge in [0.2, 0.25) is 5.25 Å². The predicted molar refractivity (Wildman–Crippen MR) is 103 cm³/mol. The number of ether oxygens (including phenoxy) is 2. The maximum absolute atomic E-state index is 11.6. The summed E-state index contributed by atoms with van der Waals surface area (Å²) in [5.74, 6) is -7.00. The fourth-order valence-electron chi connectivity index (χ4n) is 2.94. The van der Waals surface area contributed by atoms with Crippen molar-refractivity contribution in [2.24, 2.45) is 0 Å². The highest BCUT2D eigenvalue weighted by Crippen LogP contribution is 2.26.